The minimum Gasteiger partial charge on any atom is -0.493 e. The second-order valence-electron chi connectivity index (χ2n) is 4.47. The second kappa shape index (κ2) is 6.04. The van der Waals surface area contributed by atoms with Crippen LogP contribution in [0.5, 0.6) is 5.75 Å². The van der Waals surface area contributed by atoms with E-state index in [0.29, 0.717) is 13.0 Å². The van der Waals surface area contributed by atoms with E-state index >= 15 is 0 Å². The topological polar surface area (TPSA) is 76.9 Å². The van der Waals surface area contributed by atoms with Gasteiger partial charge in [0.05, 0.1) is 18.6 Å². The van der Waals surface area contributed by atoms with Gasteiger partial charge in [-0.2, -0.15) is 5.10 Å². The van der Waals surface area contributed by atoms with Crippen LogP contribution >= 0.6 is 0 Å². The van der Waals surface area contributed by atoms with Crippen molar-refractivity contribution in [2.45, 2.75) is 12.8 Å². The molecule has 1 aromatic heterocycles. The van der Waals surface area contributed by atoms with E-state index in [4.69, 9.17) is 15.9 Å². The first-order valence-corrected chi connectivity index (χ1v) is 6.15. The van der Waals surface area contributed by atoms with Crippen LogP contribution in [0.3, 0.4) is 0 Å². The van der Waals surface area contributed by atoms with Crippen molar-refractivity contribution in [2.75, 3.05) is 6.61 Å². The van der Waals surface area contributed by atoms with Crippen LogP contribution < -0.4 is 10.5 Å². The van der Waals surface area contributed by atoms with Gasteiger partial charge < -0.3 is 10.5 Å². The van der Waals surface area contributed by atoms with Crippen LogP contribution in [0.25, 0.3) is 0 Å². The Morgan fingerprint density at radius 2 is 2.05 bits per heavy atom. The number of benzene rings is 1. The normalized spacial score (nSPS) is 10.4. The highest BCUT2D eigenvalue weighted by molar-refractivity contribution is 5.79. The van der Waals surface area contributed by atoms with E-state index in [-0.39, 0.29) is 5.84 Å². The quantitative estimate of drug-likeness (QED) is 0.609. The summed E-state index contributed by atoms with van der Waals surface area (Å²) in [6, 6.07) is 7.67. The maximum atomic E-state index is 7.23. The maximum absolute atomic E-state index is 7.23. The lowest BCUT2D eigenvalue weighted by molar-refractivity contribution is 0.322. The fraction of sp³-hybridized carbons (Fsp3) is 0.286. The number of nitrogens with one attached hydrogen (secondary N) is 1. The van der Waals surface area contributed by atoms with Gasteiger partial charge in [-0.05, 0) is 23.3 Å². The largest absolute Gasteiger partial charge is 0.493 e. The summed E-state index contributed by atoms with van der Waals surface area (Å²) in [5, 5.41) is 11.3. The first-order valence-electron chi connectivity index (χ1n) is 6.15. The number of hydrogen-bond donors (Lipinski definition) is 2. The zero-order valence-corrected chi connectivity index (χ0v) is 11.0. The summed E-state index contributed by atoms with van der Waals surface area (Å²) in [6.45, 7) is 0.623. The monoisotopic (exact) mass is 258 g/mol. The molecule has 0 amide bonds. The predicted octanol–water partition coefficient (Wildman–Crippen LogP) is 1.52. The molecule has 19 heavy (non-hydrogen) atoms. The Labute approximate surface area is 112 Å². The molecule has 5 heteroatoms. The van der Waals surface area contributed by atoms with E-state index < -0.39 is 0 Å². The zero-order valence-electron chi connectivity index (χ0n) is 11.0. The number of nitrogens with zero attached hydrogens (tertiary/aromatic N) is 2. The van der Waals surface area contributed by atoms with E-state index in [1.807, 2.05) is 43.7 Å². The number of hydrogen-bond acceptors (Lipinski definition) is 3. The van der Waals surface area contributed by atoms with Gasteiger partial charge in [-0.3, -0.25) is 10.1 Å². The van der Waals surface area contributed by atoms with Crippen molar-refractivity contribution in [2.24, 2.45) is 12.8 Å². The smallest absolute Gasteiger partial charge is 0.119 e. The summed E-state index contributed by atoms with van der Waals surface area (Å²) in [5.41, 5.74) is 7.54. The van der Waals surface area contributed by atoms with Crippen molar-refractivity contribution >= 4 is 5.84 Å². The lowest BCUT2D eigenvalue weighted by atomic mass is 10.1. The summed E-state index contributed by atoms with van der Waals surface area (Å²) in [6.07, 6.45) is 5.15. The van der Waals surface area contributed by atoms with Gasteiger partial charge in [0.2, 0.25) is 0 Å². The van der Waals surface area contributed by atoms with Gasteiger partial charge >= 0.3 is 0 Å². The third-order valence-corrected chi connectivity index (χ3v) is 2.74. The first kappa shape index (κ1) is 13.1. The average Bonchev–Trinajstić information content (AvgIpc) is 2.77. The van der Waals surface area contributed by atoms with E-state index in [2.05, 4.69) is 5.10 Å². The molecule has 0 saturated carbocycles. The molecule has 0 unspecified atom stereocenters. The lowest BCUT2D eigenvalue weighted by Gasteiger charge is -2.06. The van der Waals surface area contributed by atoms with Crippen molar-refractivity contribution < 1.29 is 4.74 Å². The molecule has 2 rings (SSSR count). The highest BCUT2D eigenvalue weighted by atomic mass is 16.5. The van der Waals surface area contributed by atoms with Gasteiger partial charge in [-0.15, -0.1) is 0 Å². The molecule has 0 fully saturated rings. The molecule has 2 aromatic rings. The van der Waals surface area contributed by atoms with Gasteiger partial charge in [0.1, 0.15) is 5.75 Å². The molecule has 0 spiro atoms. The number of aryl methyl sites for hydroxylation is 1. The van der Waals surface area contributed by atoms with Gasteiger partial charge in [-0.25, -0.2) is 0 Å². The molecule has 0 bridgehead atoms. The second-order valence-corrected chi connectivity index (χ2v) is 4.47. The highest BCUT2D eigenvalue weighted by Gasteiger charge is 1.99. The van der Waals surface area contributed by atoms with Crippen LogP contribution in [0.1, 0.15) is 11.1 Å². The molecular formula is C14H18N4O. The molecule has 1 heterocycles. The van der Waals surface area contributed by atoms with Crippen LogP contribution in [-0.2, 0) is 19.9 Å². The third kappa shape index (κ3) is 4.13. The van der Waals surface area contributed by atoms with E-state index in [1.54, 1.807) is 4.68 Å². The molecule has 0 atom stereocenters. The molecule has 3 N–H and O–H groups in total. The Balaban J connectivity index is 1.81. The van der Waals surface area contributed by atoms with Crippen LogP contribution in [0.15, 0.2) is 36.7 Å². The Morgan fingerprint density at radius 3 is 2.63 bits per heavy atom. The summed E-state index contributed by atoms with van der Waals surface area (Å²) in [5.74, 6) is 1.00. The Bertz CT molecular complexity index is 545. The van der Waals surface area contributed by atoms with Gasteiger partial charge in [0, 0.05) is 26.1 Å². The number of ether oxygens (including phenoxy) is 1. The van der Waals surface area contributed by atoms with Crippen molar-refractivity contribution in [3.05, 3.63) is 47.8 Å². The molecule has 0 saturated heterocycles. The van der Waals surface area contributed by atoms with Crippen LogP contribution in [-0.4, -0.2) is 22.2 Å². The fourth-order valence-corrected chi connectivity index (χ4v) is 1.81. The summed E-state index contributed by atoms with van der Waals surface area (Å²) in [7, 11) is 1.90. The standard InChI is InChI=1S/C14H18N4O/c1-18-10-12(9-17-18)6-7-19-13-4-2-11(3-5-13)8-14(15)16/h2-5,9-10H,6-8H2,1H3,(H3,15,16). The summed E-state index contributed by atoms with van der Waals surface area (Å²) in [4.78, 5) is 0. The van der Waals surface area contributed by atoms with Crippen molar-refractivity contribution in [3.8, 4) is 5.75 Å². The van der Waals surface area contributed by atoms with Crippen LogP contribution in [0.4, 0.5) is 0 Å². The Hall–Kier alpha value is -2.30. The van der Waals surface area contributed by atoms with E-state index in [0.717, 1.165) is 23.3 Å². The Morgan fingerprint density at radius 1 is 1.32 bits per heavy atom. The predicted molar refractivity (Wildman–Crippen MR) is 74.5 cm³/mol. The number of nitrogens with two attached hydrogens (primary N) is 1. The van der Waals surface area contributed by atoms with E-state index in [9.17, 15) is 0 Å². The SMILES string of the molecule is Cn1cc(CCOc2ccc(CC(=N)N)cc2)cn1. The molecule has 0 aliphatic heterocycles. The summed E-state index contributed by atoms with van der Waals surface area (Å²) >= 11 is 0. The van der Waals surface area contributed by atoms with Gasteiger partial charge in [0.15, 0.2) is 0 Å². The van der Waals surface area contributed by atoms with Crippen molar-refractivity contribution in [3.63, 3.8) is 0 Å². The fourth-order valence-electron chi connectivity index (χ4n) is 1.81. The molecule has 100 valence electrons. The number of aromatic nitrogens is 2. The van der Waals surface area contributed by atoms with Crippen molar-refractivity contribution in [1.82, 2.24) is 9.78 Å². The molecule has 0 aliphatic rings. The molecule has 0 radical (unpaired) electrons. The maximum Gasteiger partial charge on any atom is 0.119 e. The Kier molecular flexibility index (Phi) is 4.18. The highest BCUT2D eigenvalue weighted by Crippen LogP contribution is 2.13. The number of amidine groups is 1. The van der Waals surface area contributed by atoms with Gasteiger partial charge in [0.25, 0.3) is 0 Å². The zero-order chi connectivity index (χ0) is 13.7. The molecular weight excluding hydrogens is 240 g/mol. The summed E-state index contributed by atoms with van der Waals surface area (Å²) < 4.78 is 7.44. The molecule has 1 aromatic carbocycles. The van der Waals surface area contributed by atoms with Gasteiger partial charge in [-0.1, -0.05) is 12.1 Å². The van der Waals surface area contributed by atoms with E-state index in [1.165, 1.54) is 0 Å². The molecule has 5 nitrogen and oxygen atoms in total. The number of rotatable bonds is 6. The van der Waals surface area contributed by atoms with Crippen molar-refractivity contribution in [1.29, 1.82) is 5.41 Å². The average molecular weight is 258 g/mol. The minimum atomic E-state index is 0.172. The molecule has 0 aliphatic carbocycles. The third-order valence-electron chi connectivity index (χ3n) is 2.74. The minimum absolute atomic E-state index is 0.172. The lowest BCUT2D eigenvalue weighted by Crippen LogP contribution is -2.12. The van der Waals surface area contributed by atoms with Crippen LogP contribution in [0, 0.1) is 5.41 Å². The van der Waals surface area contributed by atoms with Crippen LogP contribution in [0.2, 0.25) is 0 Å². The first-order chi connectivity index (χ1) is 9.13.